The van der Waals surface area contributed by atoms with Crippen molar-refractivity contribution in [1.29, 1.82) is 5.26 Å². The first-order valence-electron chi connectivity index (χ1n) is 14.2. The maximum Gasteiger partial charge on any atom is 0.290 e. The summed E-state index contributed by atoms with van der Waals surface area (Å²) in [6.07, 6.45) is 3.14. The Morgan fingerprint density at radius 2 is 1.80 bits per heavy atom. The Morgan fingerprint density at radius 3 is 2.49 bits per heavy atom. The second-order valence-corrected chi connectivity index (χ2v) is 10.7. The largest absolute Gasteiger partial charge is 0.483 e. The molecule has 5 rings (SSSR count). The van der Waals surface area contributed by atoms with Crippen molar-refractivity contribution >= 4 is 18.3 Å². The number of hydrogen-bond acceptors (Lipinski definition) is 7. The van der Waals surface area contributed by atoms with E-state index >= 15 is 0 Å². The van der Waals surface area contributed by atoms with Gasteiger partial charge in [0.05, 0.1) is 37.8 Å². The molecule has 0 aromatic heterocycles. The van der Waals surface area contributed by atoms with Crippen LogP contribution < -0.4 is 5.73 Å². The summed E-state index contributed by atoms with van der Waals surface area (Å²) in [6, 6.07) is 21.1. The molecule has 0 saturated carbocycles. The van der Waals surface area contributed by atoms with Gasteiger partial charge in [-0.15, -0.1) is 0 Å². The summed E-state index contributed by atoms with van der Waals surface area (Å²) >= 11 is 0. The van der Waals surface area contributed by atoms with E-state index in [2.05, 4.69) is 35.2 Å². The van der Waals surface area contributed by atoms with Crippen molar-refractivity contribution in [3.8, 4) is 6.07 Å². The molecule has 0 aliphatic carbocycles. The summed E-state index contributed by atoms with van der Waals surface area (Å²) in [7, 11) is 0. The lowest BCUT2D eigenvalue weighted by Crippen LogP contribution is -2.56. The van der Waals surface area contributed by atoms with E-state index in [4.69, 9.17) is 20.4 Å². The van der Waals surface area contributed by atoms with Gasteiger partial charge in [-0.25, -0.2) is 0 Å². The van der Waals surface area contributed by atoms with Gasteiger partial charge in [0, 0.05) is 31.7 Å². The average molecular weight is 562 g/mol. The minimum absolute atomic E-state index is 0.0309. The third-order valence-electron chi connectivity index (χ3n) is 8.26. The number of nitrogens with two attached hydrogens (primary N) is 1. The Balaban J connectivity index is 0.00000124. The molecule has 3 aliphatic rings. The molecule has 3 fully saturated rings. The number of morpholine rings is 1. The van der Waals surface area contributed by atoms with Gasteiger partial charge < -0.3 is 25.4 Å². The number of aryl methyl sites for hydroxylation is 1. The maximum atomic E-state index is 14.1. The van der Waals surface area contributed by atoms with Crippen LogP contribution in [0.2, 0.25) is 0 Å². The lowest BCUT2D eigenvalue weighted by Gasteiger charge is -2.40. The van der Waals surface area contributed by atoms with E-state index in [9.17, 15) is 14.9 Å². The quantitative estimate of drug-likeness (QED) is 0.491. The summed E-state index contributed by atoms with van der Waals surface area (Å²) in [5.74, 6) is -0.244. The number of ether oxygens (including phenoxy) is 1. The standard InChI is InChI=1S/C30H37N5O3.CH2O2/c31-15-13-26(29(36)34-17-18-38-21-28(34)23-9-5-2-6-10-23)33-16-14-25(12-11-22-7-3-1-4-8-22)35-20-24(32)19-27(35)30(33)37;2-1-3/h1-10,24-28H,11-14,16-21,32H2;1H,(H,2,3)/t24-,25?,26-,27+,28+;/m1./s1. The second kappa shape index (κ2) is 14.7. The predicted octanol–water partition coefficient (Wildman–Crippen LogP) is 2.20. The van der Waals surface area contributed by atoms with E-state index in [1.807, 2.05) is 41.3 Å². The summed E-state index contributed by atoms with van der Waals surface area (Å²) < 4.78 is 5.73. The van der Waals surface area contributed by atoms with Crippen LogP contribution in [0.3, 0.4) is 0 Å². The number of benzene rings is 2. The van der Waals surface area contributed by atoms with Crippen LogP contribution in [0.15, 0.2) is 60.7 Å². The minimum atomic E-state index is -0.816. The lowest BCUT2D eigenvalue weighted by atomic mass is 10.0. The molecule has 0 radical (unpaired) electrons. The molecule has 3 aliphatic heterocycles. The number of nitrogens with zero attached hydrogens (tertiary/aromatic N) is 4. The fourth-order valence-corrected chi connectivity index (χ4v) is 6.32. The predicted molar refractivity (Wildman–Crippen MR) is 152 cm³/mol. The Labute approximate surface area is 241 Å². The normalized spacial score (nSPS) is 25.2. The molecule has 41 heavy (non-hydrogen) atoms. The van der Waals surface area contributed by atoms with E-state index in [1.54, 1.807) is 4.90 Å². The van der Waals surface area contributed by atoms with Crippen LogP contribution in [0.4, 0.5) is 0 Å². The molecular weight excluding hydrogens is 522 g/mol. The molecule has 2 aromatic carbocycles. The maximum absolute atomic E-state index is 14.1. The van der Waals surface area contributed by atoms with Crippen molar-refractivity contribution in [3.05, 3.63) is 71.8 Å². The van der Waals surface area contributed by atoms with Gasteiger partial charge in [-0.3, -0.25) is 19.3 Å². The first kappa shape index (κ1) is 30.2. The van der Waals surface area contributed by atoms with Gasteiger partial charge in [-0.05, 0) is 36.8 Å². The molecule has 0 spiro atoms. The van der Waals surface area contributed by atoms with Crippen molar-refractivity contribution in [2.45, 2.75) is 62.3 Å². The van der Waals surface area contributed by atoms with Crippen molar-refractivity contribution in [2.24, 2.45) is 5.73 Å². The van der Waals surface area contributed by atoms with E-state index in [-0.39, 0.29) is 48.9 Å². The number of carboxylic acid groups (broad SMARTS) is 1. The van der Waals surface area contributed by atoms with Crippen LogP contribution >= 0.6 is 0 Å². The molecule has 10 nitrogen and oxygen atoms in total. The van der Waals surface area contributed by atoms with Crippen LogP contribution in [-0.4, -0.2) is 95.1 Å². The van der Waals surface area contributed by atoms with Crippen LogP contribution in [0.1, 0.15) is 42.9 Å². The van der Waals surface area contributed by atoms with Crippen LogP contribution in [0.25, 0.3) is 0 Å². The third kappa shape index (κ3) is 7.30. The Hall–Kier alpha value is -3.78. The molecular formula is C31H39N5O5. The number of amides is 2. The first-order valence-corrected chi connectivity index (χ1v) is 14.2. The van der Waals surface area contributed by atoms with Gasteiger partial charge in [0.2, 0.25) is 11.8 Å². The molecule has 3 heterocycles. The Morgan fingerprint density at radius 1 is 1.12 bits per heavy atom. The molecule has 2 amide bonds. The van der Waals surface area contributed by atoms with Gasteiger partial charge in [0.1, 0.15) is 6.04 Å². The number of nitriles is 1. The van der Waals surface area contributed by atoms with Gasteiger partial charge in [-0.1, -0.05) is 60.7 Å². The number of carbonyl (C=O) groups excluding carboxylic acids is 2. The monoisotopic (exact) mass is 561 g/mol. The molecule has 10 heteroatoms. The lowest BCUT2D eigenvalue weighted by molar-refractivity contribution is -0.152. The zero-order chi connectivity index (χ0) is 29.2. The van der Waals surface area contributed by atoms with Crippen LogP contribution in [0.5, 0.6) is 0 Å². The molecule has 5 atom stereocenters. The molecule has 2 aromatic rings. The second-order valence-electron chi connectivity index (χ2n) is 10.7. The highest BCUT2D eigenvalue weighted by molar-refractivity contribution is 5.91. The highest BCUT2D eigenvalue weighted by Gasteiger charge is 2.46. The van der Waals surface area contributed by atoms with Crippen LogP contribution in [-0.2, 0) is 25.5 Å². The average Bonchev–Trinajstić information content (AvgIpc) is 3.35. The van der Waals surface area contributed by atoms with Crippen LogP contribution in [0, 0.1) is 11.3 Å². The van der Waals surface area contributed by atoms with E-state index in [0.717, 1.165) is 24.8 Å². The summed E-state index contributed by atoms with van der Waals surface area (Å²) in [5.41, 5.74) is 8.63. The Bertz CT molecular complexity index is 1190. The van der Waals surface area contributed by atoms with Gasteiger partial charge in [0.25, 0.3) is 6.47 Å². The summed E-state index contributed by atoms with van der Waals surface area (Å²) in [4.78, 5) is 42.2. The van der Waals surface area contributed by atoms with Crippen molar-refractivity contribution in [2.75, 3.05) is 32.8 Å². The van der Waals surface area contributed by atoms with E-state index < -0.39 is 6.04 Å². The first-order chi connectivity index (χ1) is 20.0. The highest BCUT2D eigenvalue weighted by atomic mass is 16.5. The fraction of sp³-hybridized carbons (Fsp3) is 0.484. The molecule has 3 N–H and O–H groups in total. The van der Waals surface area contributed by atoms with Gasteiger partial charge >= 0.3 is 0 Å². The molecule has 3 saturated heterocycles. The van der Waals surface area contributed by atoms with Crippen molar-refractivity contribution in [3.63, 3.8) is 0 Å². The zero-order valence-electron chi connectivity index (χ0n) is 23.3. The third-order valence-corrected chi connectivity index (χ3v) is 8.26. The van der Waals surface area contributed by atoms with E-state index in [0.29, 0.717) is 39.3 Å². The summed E-state index contributed by atoms with van der Waals surface area (Å²) in [5, 5.41) is 16.6. The number of fused-ring (bicyclic) bond motifs is 1. The van der Waals surface area contributed by atoms with Gasteiger partial charge in [0.15, 0.2) is 0 Å². The van der Waals surface area contributed by atoms with Crippen molar-refractivity contribution < 1.29 is 24.2 Å². The zero-order valence-corrected chi connectivity index (χ0v) is 23.3. The molecule has 1 unspecified atom stereocenters. The number of hydrogen-bond donors (Lipinski definition) is 2. The topological polar surface area (TPSA) is 140 Å². The molecule has 218 valence electrons. The minimum Gasteiger partial charge on any atom is -0.483 e. The Kier molecular flexibility index (Phi) is 10.8. The van der Waals surface area contributed by atoms with E-state index in [1.165, 1.54) is 5.56 Å². The smallest absolute Gasteiger partial charge is 0.290 e. The highest BCUT2D eigenvalue weighted by Crippen LogP contribution is 2.32. The van der Waals surface area contributed by atoms with Gasteiger partial charge in [-0.2, -0.15) is 5.26 Å². The number of rotatable bonds is 7. The molecule has 0 bridgehead atoms. The number of carbonyl (C=O) groups is 3. The summed E-state index contributed by atoms with van der Waals surface area (Å²) in [6.45, 7) is 2.16. The fourth-order valence-electron chi connectivity index (χ4n) is 6.32. The van der Waals surface area contributed by atoms with Crippen molar-refractivity contribution in [1.82, 2.24) is 14.7 Å². The SMILES string of the molecule is N#CC[C@H](C(=O)N1CCOC[C@H]1c1ccccc1)N1CCC(CCc2ccccc2)N2C[C@H](N)C[C@H]2C1=O.O=CO.